The van der Waals surface area contributed by atoms with Crippen molar-refractivity contribution in [1.82, 2.24) is 5.32 Å². The number of hydrogen-bond donors (Lipinski definition) is 2. The minimum absolute atomic E-state index is 0.263. The molecule has 2 nitrogen and oxygen atoms in total. The maximum atomic E-state index is 10.0. The normalized spacial score (nSPS) is 25.2. The van der Waals surface area contributed by atoms with E-state index >= 15 is 0 Å². The Morgan fingerprint density at radius 3 is 2.74 bits per heavy atom. The van der Waals surface area contributed by atoms with Gasteiger partial charge in [-0.25, -0.2) is 0 Å². The van der Waals surface area contributed by atoms with Gasteiger partial charge in [-0.05, 0) is 31.6 Å². The van der Waals surface area contributed by atoms with Crippen LogP contribution in [0.1, 0.15) is 50.6 Å². The van der Waals surface area contributed by atoms with Crippen molar-refractivity contribution in [2.24, 2.45) is 0 Å². The second-order valence-corrected chi connectivity index (χ2v) is 6.43. The molecule has 1 aliphatic carbocycles. The van der Waals surface area contributed by atoms with E-state index in [9.17, 15) is 5.11 Å². The molecular weight excluding hydrogens is 254 g/mol. The van der Waals surface area contributed by atoms with Gasteiger partial charge < -0.3 is 10.4 Å². The van der Waals surface area contributed by atoms with Gasteiger partial charge in [0.1, 0.15) is 5.75 Å². The molecule has 0 saturated heterocycles. The molecule has 1 fully saturated rings. The monoisotopic (exact) mass is 279 g/mol. The van der Waals surface area contributed by atoms with Crippen molar-refractivity contribution in [1.29, 1.82) is 0 Å². The van der Waals surface area contributed by atoms with Gasteiger partial charge in [0.25, 0.3) is 0 Å². The van der Waals surface area contributed by atoms with E-state index in [2.05, 4.69) is 18.5 Å². The number of nitrogens with one attached hydrogen (secondary N) is 1. The van der Waals surface area contributed by atoms with Gasteiger partial charge in [0.2, 0.25) is 0 Å². The van der Waals surface area contributed by atoms with Gasteiger partial charge >= 0.3 is 0 Å². The second-order valence-electron chi connectivity index (χ2n) is 5.35. The van der Waals surface area contributed by atoms with Crippen LogP contribution in [-0.4, -0.2) is 22.7 Å². The quantitative estimate of drug-likeness (QED) is 0.851. The van der Waals surface area contributed by atoms with E-state index < -0.39 is 0 Å². The summed E-state index contributed by atoms with van der Waals surface area (Å²) in [6.45, 7) is 2.18. The fourth-order valence-electron chi connectivity index (χ4n) is 3.04. The maximum Gasteiger partial charge on any atom is 0.120 e. The first-order chi connectivity index (χ1) is 9.26. The molecule has 1 saturated carbocycles. The van der Waals surface area contributed by atoms with Gasteiger partial charge in [0.15, 0.2) is 0 Å². The van der Waals surface area contributed by atoms with Crippen LogP contribution in [0.4, 0.5) is 0 Å². The summed E-state index contributed by atoms with van der Waals surface area (Å²) in [4.78, 5) is 0. The van der Waals surface area contributed by atoms with E-state index in [1.807, 2.05) is 30.0 Å². The Labute approximate surface area is 121 Å². The van der Waals surface area contributed by atoms with Crippen LogP contribution in [0.2, 0.25) is 0 Å². The molecule has 0 heterocycles. The lowest BCUT2D eigenvalue weighted by atomic mass is 9.92. The third-order valence-corrected chi connectivity index (χ3v) is 5.31. The second kappa shape index (κ2) is 7.20. The number of para-hydroxylation sites is 1. The summed E-state index contributed by atoms with van der Waals surface area (Å²) in [5.41, 5.74) is 1.04. The van der Waals surface area contributed by atoms with Crippen molar-refractivity contribution >= 4 is 11.8 Å². The molecule has 106 valence electrons. The SMILES string of the molecule is CCC(NC1CCCCC1SC)c1ccccc1O. The summed E-state index contributed by atoms with van der Waals surface area (Å²) < 4.78 is 0. The van der Waals surface area contributed by atoms with Crippen molar-refractivity contribution in [3.05, 3.63) is 29.8 Å². The highest BCUT2D eigenvalue weighted by Gasteiger charge is 2.27. The molecule has 19 heavy (non-hydrogen) atoms. The lowest BCUT2D eigenvalue weighted by molar-refractivity contribution is 0.337. The Kier molecular flexibility index (Phi) is 5.59. The lowest BCUT2D eigenvalue weighted by Gasteiger charge is -2.34. The molecule has 1 aromatic rings. The number of phenolic OH excluding ortho intramolecular Hbond substituents is 1. The van der Waals surface area contributed by atoms with Crippen molar-refractivity contribution in [2.75, 3.05) is 6.26 Å². The molecular formula is C16H25NOS. The molecule has 1 aromatic carbocycles. The van der Waals surface area contributed by atoms with Gasteiger partial charge in [-0.3, -0.25) is 0 Å². The van der Waals surface area contributed by atoms with Crippen LogP contribution in [0.5, 0.6) is 5.75 Å². The molecule has 0 aliphatic heterocycles. The Morgan fingerprint density at radius 1 is 1.32 bits per heavy atom. The first-order valence-corrected chi connectivity index (χ1v) is 8.61. The smallest absolute Gasteiger partial charge is 0.120 e. The molecule has 0 spiro atoms. The number of hydrogen-bond acceptors (Lipinski definition) is 3. The van der Waals surface area contributed by atoms with Crippen molar-refractivity contribution in [3.8, 4) is 5.75 Å². The highest BCUT2D eigenvalue weighted by molar-refractivity contribution is 7.99. The molecule has 0 amide bonds. The Balaban J connectivity index is 2.08. The van der Waals surface area contributed by atoms with E-state index in [1.165, 1.54) is 25.7 Å². The van der Waals surface area contributed by atoms with Crippen LogP contribution in [0, 0.1) is 0 Å². The Bertz CT molecular complexity index is 396. The molecule has 0 bridgehead atoms. The van der Waals surface area contributed by atoms with E-state index in [1.54, 1.807) is 6.07 Å². The van der Waals surface area contributed by atoms with Crippen LogP contribution < -0.4 is 5.32 Å². The van der Waals surface area contributed by atoms with Crippen molar-refractivity contribution in [3.63, 3.8) is 0 Å². The number of phenols is 1. The summed E-state index contributed by atoms with van der Waals surface area (Å²) in [5, 5.41) is 14.5. The fraction of sp³-hybridized carbons (Fsp3) is 0.625. The minimum Gasteiger partial charge on any atom is -0.508 e. The lowest BCUT2D eigenvalue weighted by Crippen LogP contribution is -2.42. The number of aromatic hydroxyl groups is 1. The molecule has 1 aliphatic rings. The third kappa shape index (κ3) is 3.67. The zero-order valence-electron chi connectivity index (χ0n) is 11.9. The Hall–Kier alpha value is -0.670. The zero-order chi connectivity index (χ0) is 13.7. The van der Waals surface area contributed by atoms with Gasteiger partial charge in [-0.15, -0.1) is 0 Å². The molecule has 0 aromatic heterocycles. The standard InChI is InChI=1S/C16H25NOS/c1-3-13(12-8-4-6-10-15(12)18)17-14-9-5-7-11-16(14)19-2/h4,6,8,10,13-14,16-18H,3,5,7,9,11H2,1-2H3. The summed E-state index contributed by atoms with van der Waals surface area (Å²) >= 11 is 1.98. The number of benzene rings is 1. The molecule has 0 radical (unpaired) electrons. The van der Waals surface area contributed by atoms with Crippen molar-refractivity contribution in [2.45, 2.75) is 56.4 Å². The van der Waals surface area contributed by atoms with Gasteiger partial charge in [-0.2, -0.15) is 11.8 Å². The average Bonchev–Trinajstić information content (AvgIpc) is 2.46. The summed E-state index contributed by atoms with van der Waals surface area (Å²) in [6, 6.07) is 8.55. The van der Waals surface area contributed by atoms with E-state index in [0.717, 1.165) is 12.0 Å². The summed E-state index contributed by atoms with van der Waals surface area (Å²) in [5.74, 6) is 0.415. The molecule has 3 heteroatoms. The number of thioether (sulfide) groups is 1. The largest absolute Gasteiger partial charge is 0.508 e. The van der Waals surface area contributed by atoms with Crippen LogP contribution in [0.25, 0.3) is 0 Å². The van der Waals surface area contributed by atoms with E-state index in [0.29, 0.717) is 17.0 Å². The van der Waals surface area contributed by atoms with E-state index in [4.69, 9.17) is 0 Å². The minimum atomic E-state index is 0.263. The van der Waals surface area contributed by atoms with Crippen LogP contribution >= 0.6 is 11.8 Å². The molecule has 3 unspecified atom stereocenters. The summed E-state index contributed by atoms with van der Waals surface area (Å²) in [6.07, 6.45) is 8.48. The molecule has 2 rings (SSSR count). The number of rotatable bonds is 5. The van der Waals surface area contributed by atoms with Crippen LogP contribution in [0.15, 0.2) is 24.3 Å². The Morgan fingerprint density at radius 2 is 2.05 bits per heavy atom. The van der Waals surface area contributed by atoms with Crippen LogP contribution in [0.3, 0.4) is 0 Å². The fourth-order valence-corrected chi connectivity index (χ4v) is 3.98. The van der Waals surface area contributed by atoms with E-state index in [-0.39, 0.29) is 6.04 Å². The topological polar surface area (TPSA) is 32.3 Å². The highest BCUT2D eigenvalue weighted by Crippen LogP contribution is 2.32. The molecule has 2 N–H and O–H groups in total. The molecule has 3 atom stereocenters. The zero-order valence-corrected chi connectivity index (χ0v) is 12.7. The predicted molar refractivity (Wildman–Crippen MR) is 83.8 cm³/mol. The van der Waals surface area contributed by atoms with Crippen LogP contribution in [-0.2, 0) is 0 Å². The van der Waals surface area contributed by atoms with Gasteiger partial charge in [0.05, 0.1) is 0 Å². The third-order valence-electron chi connectivity index (χ3n) is 4.14. The average molecular weight is 279 g/mol. The maximum absolute atomic E-state index is 10.0. The first kappa shape index (κ1) is 14.7. The first-order valence-electron chi connectivity index (χ1n) is 7.33. The van der Waals surface area contributed by atoms with Gasteiger partial charge in [0, 0.05) is 22.9 Å². The summed E-state index contributed by atoms with van der Waals surface area (Å²) in [7, 11) is 0. The predicted octanol–water partition coefficient (Wildman–Crippen LogP) is 4.11. The highest BCUT2D eigenvalue weighted by atomic mass is 32.2. The van der Waals surface area contributed by atoms with Crippen molar-refractivity contribution < 1.29 is 5.11 Å². The van der Waals surface area contributed by atoms with Gasteiger partial charge in [-0.1, -0.05) is 38.0 Å².